The Hall–Kier alpha value is -0.650. The van der Waals surface area contributed by atoms with E-state index in [9.17, 15) is 5.11 Å². The summed E-state index contributed by atoms with van der Waals surface area (Å²) in [6, 6.07) is 0. The molecule has 0 bridgehead atoms. The molecule has 1 unspecified atom stereocenters. The van der Waals surface area contributed by atoms with Crippen molar-refractivity contribution < 1.29 is 9.84 Å². The van der Waals surface area contributed by atoms with Gasteiger partial charge in [-0.1, -0.05) is 11.3 Å². The molecule has 0 spiro atoms. The third-order valence-electron chi connectivity index (χ3n) is 3.01. The molecule has 1 aromatic heterocycles. The summed E-state index contributed by atoms with van der Waals surface area (Å²) in [5.41, 5.74) is 1.09. The van der Waals surface area contributed by atoms with Gasteiger partial charge >= 0.3 is 0 Å². The van der Waals surface area contributed by atoms with Crippen LogP contribution in [0.5, 0.6) is 0 Å². The molecule has 0 radical (unpaired) electrons. The van der Waals surface area contributed by atoms with Gasteiger partial charge in [-0.2, -0.15) is 0 Å². The monoisotopic (exact) mass is 256 g/mol. The van der Waals surface area contributed by atoms with Crippen LogP contribution in [0, 0.1) is 0 Å². The van der Waals surface area contributed by atoms with Gasteiger partial charge in [0.05, 0.1) is 23.3 Å². The van der Waals surface area contributed by atoms with Crippen molar-refractivity contribution in [2.75, 3.05) is 31.7 Å². The molecule has 0 fully saturated rings. The van der Waals surface area contributed by atoms with Gasteiger partial charge in [-0.15, -0.1) is 0 Å². The lowest BCUT2D eigenvalue weighted by atomic mass is 10.0. The first-order valence-corrected chi connectivity index (χ1v) is 7.00. The molecule has 0 aromatic carbocycles. The van der Waals surface area contributed by atoms with E-state index < -0.39 is 0 Å². The van der Waals surface area contributed by atoms with Crippen LogP contribution in [0.4, 0.5) is 5.13 Å². The molecule has 1 atom stereocenters. The van der Waals surface area contributed by atoms with E-state index >= 15 is 0 Å². The van der Waals surface area contributed by atoms with E-state index in [4.69, 9.17) is 4.74 Å². The standard InChI is InChI=1S/C12H20N2O2S/c1-3-16-8-7-14(2)12-13-9-5-4-6-10(15)11(9)17-12/h10,15H,3-8H2,1-2H3. The van der Waals surface area contributed by atoms with Crippen molar-refractivity contribution in [3.63, 3.8) is 0 Å². The average molecular weight is 256 g/mol. The number of thiazole rings is 1. The summed E-state index contributed by atoms with van der Waals surface area (Å²) >= 11 is 1.62. The van der Waals surface area contributed by atoms with Crippen molar-refractivity contribution in [2.24, 2.45) is 0 Å². The lowest BCUT2D eigenvalue weighted by Gasteiger charge is -2.15. The minimum atomic E-state index is -0.301. The SMILES string of the molecule is CCOCCN(C)c1nc2c(s1)C(O)CCC2. The van der Waals surface area contributed by atoms with Gasteiger partial charge in [-0.05, 0) is 26.2 Å². The summed E-state index contributed by atoms with van der Waals surface area (Å²) in [7, 11) is 2.02. The third kappa shape index (κ3) is 2.97. The van der Waals surface area contributed by atoms with Gasteiger partial charge in [-0.25, -0.2) is 4.98 Å². The second-order valence-corrected chi connectivity index (χ2v) is 5.34. The van der Waals surface area contributed by atoms with Crippen molar-refractivity contribution in [2.45, 2.75) is 32.3 Å². The van der Waals surface area contributed by atoms with E-state index in [-0.39, 0.29) is 6.10 Å². The Morgan fingerprint density at radius 1 is 1.59 bits per heavy atom. The number of aliphatic hydroxyl groups excluding tert-OH is 1. The van der Waals surface area contributed by atoms with Crippen LogP contribution in [0.3, 0.4) is 0 Å². The summed E-state index contributed by atoms with van der Waals surface area (Å²) in [6.07, 6.45) is 2.62. The molecule has 1 aromatic rings. The zero-order chi connectivity index (χ0) is 12.3. The Morgan fingerprint density at radius 2 is 2.41 bits per heavy atom. The van der Waals surface area contributed by atoms with Crippen molar-refractivity contribution >= 4 is 16.5 Å². The highest BCUT2D eigenvalue weighted by Crippen LogP contribution is 2.36. The predicted molar refractivity (Wildman–Crippen MR) is 69.8 cm³/mol. The van der Waals surface area contributed by atoms with E-state index in [1.807, 2.05) is 14.0 Å². The fourth-order valence-corrected chi connectivity index (χ4v) is 3.11. The predicted octanol–water partition coefficient (Wildman–Crippen LogP) is 1.99. The van der Waals surface area contributed by atoms with Gasteiger partial charge in [0.2, 0.25) is 0 Å². The van der Waals surface area contributed by atoms with Gasteiger partial charge in [0.15, 0.2) is 5.13 Å². The van der Waals surface area contributed by atoms with Crippen molar-refractivity contribution in [3.05, 3.63) is 10.6 Å². The molecule has 0 saturated heterocycles. The van der Waals surface area contributed by atoms with E-state index in [1.165, 1.54) is 0 Å². The van der Waals surface area contributed by atoms with Crippen LogP contribution in [0.1, 0.15) is 36.4 Å². The lowest BCUT2D eigenvalue weighted by Crippen LogP contribution is -2.22. The van der Waals surface area contributed by atoms with Crippen LogP contribution in [0.2, 0.25) is 0 Å². The number of aliphatic hydroxyl groups is 1. The fourth-order valence-electron chi connectivity index (χ4n) is 1.99. The highest BCUT2D eigenvalue weighted by molar-refractivity contribution is 7.15. The molecule has 96 valence electrons. The number of hydrogen-bond donors (Lipinski definition) is 1. The molecule has 0 aliphatic heterocycles. The summed E-state index contributed by atoms with van der Waals surface area (Å²) < 4.78 is 5.33. The minimum absolute atomic E-state index is 0.301. The Kier molecular flexibility index (Phi) is 4.36. The number of aryl methyl sites for hydroxylation is 1. The summed E-state index contributed by atoms with van der Waals surface area (Å²) in [6.45, 7) is 4.31. The Balaban J connectivity index is 2.01. The second kappa shape index (κ2) is 5.80. The van der Waals surface area contributed by atoms with E-state index in [1.54, 1.807) is 11.3 Å². The molecule has 1 heterocycles. The first kappa shape index (κ1) is 12.8. The molecule has 1 N–H and O–H groups in total. The molecule has 0 saturated carbocycles. The zero-order valence-electron chi connectivity index (χ0n) is 10.5. The van der Waals surface area contributed by atoms with E-state index in [2.05, 4.69) is 9.88 Å². The molecule has 17 heavy (non-hydrogen) atoms. The molecule has 2 rings (SSSR count). The maximum atomic E-state index is 9.90. The van der Waals surface area contributed by atoms with Crippen LogP contribution in [-0.4, -0.2) is 36.9 Å². The van der Waals surface area contributed by atoms with Crippen molar-refractivity contribution in [1.29, 1.82) is 0 Å². The van der Waals surface area contributed by atoms with Gasteiger partial charge in [0.25, 0.3) is 0 Å². The molecule has 0 amide bonds. The summed E-state index contributed by atoms with van der Waals surface area (Å²) in [5, 5.41) is 10.9. The average Bonchev–Trinajstić information content (AvgIpc) is 2.75. The van der Waals surface area contributed by atoms with E-state index in [0.29, 0.717) is 0 Å². The van der Waals surface area contributed by atoms with Crippen LogP contribution in [-0.2, 0) is 11.2 Å². The van der Waals surface area contributed by atoms with Crippen molar-refractivity contribution in [3.8, 4) is 0 Å². The normalized spacial score (nSPS) is 19.1. The highest BCUT2D eigenvalue weighted by Gasteiger charge is 2.23. The quantitative estimate of drug-likeness (QED) is 0.818. The van der Waals surface area contributed by atoms with Crippen LogP contribution in [0.15, 0.2) is 0 Å². The fraction of sp³-hybridized carbons (Fsp3) is 0.750. The number of likely N-dealkylation sites (N-methyl/N-ethyl adjacent to an activating group) is 1. The molecular weight excluding hydrogens is 236 g/mol. The molecule has 5 heteroatoms. The number of hydrogen-bond acceptors (Lipinski definition) is 5. The number of anilines is 1. The minimum Gasteiger partial charge on any atom is -0.388 e. The topological polar surface area (TPSA) is 45.6 Å². The maximum Gasteiger partial charge on any atom is 0.185 e. The smallest absolute Gasteiger partial charge is 0.185 e. The van der Waals surface area contributed by atoms with Gasteiger partial charge < -0.3 is 14.7 Å². The second-order valence-electron chi connectivity index (χ2n) is 4.33. The number of aromatic nitrogens is 1. The summed E-state index contributed by atoms with van der Waals surface area (Å²) in [4.78, 5) is 7.78. The van der Waals surface area contributed by atoms with Crippen molar-refractivity contribution in [1.82, 2.24) is 4.98 Å². The Labute approximate surface area is 106 Å². The maximum absolute atomic E-state index is 9.90. The Bertz CT molecular complexity index is 367. The molecular formula is C12H20N2O2S. The molecule has 1 aliphatic carbocycles. The largest absolute Gasteiger partial charge is 0.388 e. The number of rotatable bonds is 5. The van der Waals surface area contributed by atoms with Crippen LogP contribution >= 0.6 is 11.3 Å². The molecule has 1 aliphatic rings. The van der Waals surface area contributed by atoms with Crippen LogP contribution < -0.4 is 4.90 Å². The van der Waals surface area contributed by atoms with Crippen LogP contribution in [0.25, 0.3) is 0 Å². The first-order chi connectivity index (χ1) is 8.22. The number of ether oxygens (including phenoxy) is 1. The van der Waals surface area contributed by atoms with Gasteiger partial charge in [-0.3, -0.25) is 0 Å². The lowest BCUT2D eigenvalue weighted by molar-refractivity contribution is 0.154. The summed E-state index contributed by atoms with van der Waals surface area (Å²) in [5.74, 6) is 0. The first-order valence-electron chi connectivity index (χ1n) is 6.19. The van der Waals surface area contributed by atoms with E-state index in [0.717, 1.165) is 54.7 Å². The van der Waals surface area contributed by atoms with Gasteiger partial charge in [0, 0.05) is 20.2 Å². The van der Waals surface area contributed by atoms with Gasteiger partial charge in [0.1, 0.15) is 0 Å². The Morgan fingerprint density at radius 3 is 3.12 bits per heavy atom. The number of nitrogens with zero attached hydrogens (tertiary/aromatic N) is 2. The molecule has 4 nitrogen and oxygen atoms in total. The zero-order valence-corrected chi connectivity index (χ0v) is 11.3. The highest BCUT2D eigenvalue weighted by atomic mass is 32.1. The number of fused-ring (bicyclic) bond motifs is 1. The third-order valence-corrected chi connectivity index (χ3v) is 4.32.